The molecule has 0 aliphatic heterocycles. The number of rotatable bonds is 9. The van der Waals surface area contributed by atoms with Gasteiger partial charge in [0, 0.05) is 50.5 Å². The number of hydrogen-bond donors (Lipinski definition) is 3. The molecule has 25 heavy (non-hydrogen) atoms. The third kappa shape index (κ3) is 6.01. The van der Waals surface area contributed by atoms with E-state index in [1.54, 1.807) is 17.8 Å². The second-order valence-electron chi connectivity index (χ2n) is 7.36. The molecule has 1 unspecified atom stereocenters. The minimum Gasteiger partial charge on any atom is -0.383 e. The molecular weight excluding hydrogens is 316 g/mol. The zero-order valence-electron chi connectivity index (χ0n) is 16.3. The van der Waals surface area contributed by atoms with Gasteiger partial charge in [-0.1, -0.05) is 0 Å². The van der Waals surface area contributed by atoms with E-state index in [9.17, 15) is 5.11 Å². The molecule has 3 N–H and O–H groups in total. The second-order valence-corrected chi connectivity index (χ2v) is 7.36. The number of hydrogen-bond acceptors (Lipinski definition) is 4. The molecular formula is C18H34N6O. The average Bonchev–Trinajstić information content (AvgIpc) is 3.28. The highest BCUT2D eigenvalue weighted by Crippen LogP contribution is 2.27. The number of nitrogens with zero attached hydrogens (tertiary/aromatic N) is 4. The summed E-state index contributed by atoms with van der Waals surface area (Å²) in [5, 5.41) is 21.4. The molecule has 142 valence electrons. The number of aryl methyl sites for hydroxylation is 1. The van der Waals surface area contributed by atoms with Crippen LogP contribution < -0.4 is 10.6 Å². The molecule has 0 saturated heterocycles. The van der Waals surface area contributed by atoms with E-state index in [-0.39, 0.29) is 6.54 Å². The summed E-state index contributed by atoms with van der Waals surface area (Å²) in [5.74, 6) is 0.742. The Bertz CT molecular complexity index is 560. The zero-order chi connectivity index (χ0) is 18.4. The van der Waals surface area contributed by atoms with Gasteiger partial charge in [0.05, 0.1) is 12.7 Å². The van der Waals surface area contributed by atoms with Crippen LogP contribution in [0.1, 0.15) is 46.1 Å². The van der Waals surface area contributed by atoms with Crippen molar-refractivity contribution >= 4 is 5.96 Å². The Morgan fingerprint density at radius 3 is 2.72 bits per heavy atom. The SMILES string of the molecule is CCNC(=NCC(C)(O)c1cnn(C)c1)NCCN(C(C)C)C1CC1. The summed E-state index contributed by atoms with van der Waals surface area (Å²) in [5.41, 5.74) is -0.261. The van der Waals surface area contributed by atoms with Crippen LogP contribution >= 0.6 is 0 Å². The fourth-order valence-electron chi connectivity index (χ4n) is 2.94. The van der Waals surface area contributed by atoms with Gasteiger partial charge >= 0.3 is 0 Å². The Labute approximate surface area is 151 Å². The zero-order valence-corrected chi connectivity index (χ0v) is 16.3. The van der Waals surface area contributed by atoms with Crippen molar-refractivity contribution in [2.75, 3.05) is 26.2 Å². The van der Waals surface area contributed by atoms with E-state index >= 15 is 0 Å². The lowest BCUT2D eigenvalue weighted by molar-refractivity contribution is 0.0671. The van der Waals surface area contributed by atoms with Crippen LogP contribution in [-0.2, 0) is 12.6 Å². The minimum atomic E-state index is -1.03. The van der Waals surface area contributed by atoms with Crippen LogP contribution in [-0.4, -0.2) is 64.0 Å². The van der Waals surface area contributed by atoms with Crippen molar-refractivity contribution < 1.29 is 5.11 Å². The van der Waals surface area contributed by atoms with E-state index in [1.165, 1.54) is 12.8 Å². The predicted molar refractivity (Wildman–Crippen MR) is 102 cm³/mol. The highest BCUT2D eigenvalue weighted by Gasteiger charge is 2.30. The van der Waals surface area contributed by atoms with Gasteiger partial charge in [-0.25, -0.2) is 4.99 Å². The molecule has 1 aliphatic carbocycles. The quantitative estimate of drug-likeness (QED) is 0.458. The molecule has 1 aromatic heterocycles. The smallest absolute Gasteiger partial charge is 0.191 e. The Morgan fingerprint density at radius 1 is 1.48 bits per heavy atom. The van der Waals surface area contributed by atoms with Gasteiger partial charge in [-0.05, 0) is 40.5 Å². The number of guanidine groups is 1. The highest BCUT2D eigenvalue weighted by molar-refractivity contribution is 5.79. The Morgan fingerprint density at radius 2 is 2.20 bits per heavy atom. The molecule has 0 spiro atoms. The van der Waals surface area contributed by atoms with Gasteiger partial charge in [0.1, 0.15) is 5.60 Å². The van der Waals surface area contributed by atoms with Gasteiger partial charge in [0.15, 0.2) is 5.96 Å². The molecule has 1 aliphatic rings. The largest absolute Gasteiger partial charge is 0.383 e. The maximum absolute atomic E-state index is 10.7. The standard InChI is InChI=1S/C18H34N6O/c1-6-19-17(20-9-10-24(14(2)3)16-7-8-16)21-13-18(4,25)15-11-22-23(5)12-15/h11-12,14,16,25H,6-10,13H2,1-5H3,(H2,19,20,21). The monoisotopic (exact) mass is 350 g/mol. The molecule has 7 heteroatoms. The van der Waals surface area contributed by atoms with E-state index in [4.69, 9.17) is 0 Å². The first-order valence-corrected chi connectivity index (χ1v) is 9.33. The molecule has 0 bridgehead atoms. The summed E-state index contributed by atoms with van der Waals surface area (Å²) in [6.07, 6.45) is 6.15. The summed E-state index contributed by atoms with van der Waals surface area (Å²) in [4.78, 5) is 7.11. The van der Waals surface area contributed by atoms with Crippen molar-refractivity contribution in [2.45, 2.75) is 58.2 Å². The first-order chi connectivity index (χ1) is 11.8. The Kier molecular flexibility index (Phi) is 6.84. The van der Waals surface area contributed by atoms with Crippen LogP contribution in [0.4, 0.5) is 0 Å². The summed E-state index contributed by atoms with van der Waals surface area (Å²) in [7, 11) is 1.84. The lowest BCUT2D eigenvalue weighted by Gasteiger charge is -2.27. The molecule has 1 saturated carbocycles. The summed E-state index contributed by atoms with van der Waals surface area (Å²) in [6, 6.07) is 1.33. The van der Waals surface area contributed by atoms with E-state index in [0.717, 1.165) is 37.2 Å². The molecule has 0 radical (unpaired) electrons. The molecule has 7 nitrogen and oxygen atoms in total. The fourth-order valence-corrected chi connectivity index (χ4v) is 2.94. The number of aliphatic imine (C=N–C) groups is 1. The molecule has 0 aromatic carbocycles. The molecule has 0 amide bonds. The predicted octanol–water partition coefficient (Wildman–Crippen LogP) is 1.06. The van der Waals surface area contributed by atoms with Crippen molar-refractivity contribution in [1.82, 2.24) is 25.3 Å². The first kappa shape index (κ1) is 19.7. The normalized spacial score (nSPS) is 17.8. The van der Waals surface area contributed by atoms with Crippen molar-refractivity contribution in [3.8, 4) is 0 Å². The van der Waals surface area contributed by atoms with E-state index in [2.05, 4.69) is 39.5 Å². The second kappa shape index (κ2) is 8.67. The molecule has 2 rings (SSSR count). The van der Waals surface area contributed by atoms with Crippen molar-refractivity contribution in [3.63, 3.8) is 0 Å². The lowest BCUT2D eigenvalue weighted by Crippen LogP contribution is -2.44. The van der Waals surface area contributed by atoms with Crippen LogP contribution in [0.3, 0.4) is 0 Å². The summed E-state index contributed by atoms with van der Waals surface area (Å²) >= 11 is 0. The highest BCUT2D eigenvalue weighted by atomic mass is 16.3. The van der Waals surface area contributed by atoms with Gasteiger partial charge < -0.3 is 15.7 Å². The van der Waals surface area contributed by atoms with Gasteiger partial charge in [0.25, 0.3) is 0 Å². The average molecular weight is 351 g/mol. The van der Waals surface area contributed by atoms with E-state index in [1.807, 2.05) is 20.2 Å². The Hall–Kier alpha value is -1.60. The van der Waals surface area contributed by atoms with Crippen LogP contribution in [0.2, 0.25) is 0 Å². The van der Waals surface area contributed by atoms with Crippen LogP contribution in [0.15, 0.2) is 17.4 Å². The molecule has 1 fully saturated rings. The molecule has 1 heterocycles. The van der Waals surface area contributed by atoms with E-state index in [0.29, 0.717) is 6.04 Å². The number of nitrogens with one attached hydrogen (secondary N) is 2. The third-order valence-corrected chi connectivity index (χ3v) is 4.56. The number of aromatic nitrogens is 2. The maximum Gasteiger partial charge on any atom is 0.191 e. The van der Waals surface area contributed by atoms with Crippen molar-refractivity contribution in [2.24, 2.45) is 12.0 Å². The van der Waals surface area contributed by atoms with Gasteiger partial charge in [-0.3, -0.25) is 9.58 Å². The minimum absolute atomic E-state index is 0.282. The molecule has 1 atom stereocenters. The van der Waals surface area contributed by atoms with Crippen LogP contribution in [0, 0.1) is 0 Å². The van der Waals surface area contributed by atoms with Gasteiger partial charge in [0.2, 0.25) is 0 Å². The topological polar surface area (TPSA) is 77.7 Å². The van der Waals surface area contributed by atoms with E-state index < -0.39 is 5.60 Å². The fraction of sp³-hybridized carbons (Fsp3) is 0.778. The summed E-state index contributed by atoms with van der Waals surface area (Å²) in [6.45, 7) is 11.2. The number of aliphatic hydroxyl groups is 1. The van der Waals surface area contributed by atoms with Gasteiger partial charge in [-0.2, -0.15) is 5.10 Å². The first-order valence-electron chi connectivity index (χ1n) is 9.33. The van der Waals surface area contributed by atoms with Gasteiger partial charge in [-0.15, -0.1) is 0 Å². The van der Waals surface area contributed by atoms with Crippen molar-refractivity contribution in [1.29, 1.82) is 0 Å². The van der Waals surface area contributed by atoms with Crippen LogP contribution in [0.25, 0.3) is 0 Å². The van der Waals surface area contributed by atoms with Crippen LogP contribution in [0.5, 0.6) is 0 Å². The lowest BCUT2D eigenvalue weighted by atomic mass is 10.0. The van der Waals surface area contributed by atoms with Crippen molar-refractivity contribution in [3.05, 3.63) is 18.0 Å². The summed E-state index contributed by atoms with van der Waals surface area (Å²) < 4.78 is 1.69. The Balaban J connectivity index is 1.89. The third-order valence-electron chi connectivity index (χ3n) is 4.56. The maximum atomic E-state index is 10.7. The molecule has 1 aromatic rings.